The van der Waals surface area contributed by atoms with Crippen molar-refractivity contribution in [1.29, 1.82) is 0 Å². The Labute approximate surface area is 119 Å². The summed E-state index contributed by atoms with van der Waals surface area (Å²) in [5.41, 5.74) is 5.95. The predicted octanol–water partition coefficient (Wildman–Crippen LogP) is 3.63. The first-order valence-electron chi connectivity index (χ1n) is 6.14. The van der Waals surface area contributed by atoms with Crippen LogP contribution in [-0.2, 0) is 0 Å². The van der Waals surface area contributed by atoms with Gasteiger partial charge in [-0.25, -0.2) is 4.39 Å². The molecule has 1 unspecified atom stereocenters. The number of halogens is 2. The van der Waals surface area contributed by atoms with E-state index in [-0.39, 0.29) is 11.7 Å². The highest BCUT2D eigenvalue weighted by Crippen LogP contribution is 2.31. The zero-order valence-corrected chi connectivity index (χ0v) is 11.1. The SMILES string of the molecule is CC(Nc1cc(F)cc(F)c1[N+](=O)[O-])c1ccc(N)cc1. The van der Waals surface area contributed by atoms with E-state index in [1.165, 1.54) is 0 Å². The van der Waals surface area contributed by atoms with Crippen LogP contribution in [-0.4, -0.2) is 4.92 Å². The van der Waals surface area contributed by atoms with Gasteiger partial charge in [-0.05, 0) is 24.6 Å². The van der Waals surface area contributed by atoms with E-state index in [1.54, 1.807) is 31.2 Å². The second-order valence-corrected chi connectivity index (χ2v) is 4.57. The number of benzene rings is 2. The highest BCUT2D eigenvalue weighted by molar-refractivity contribution is 5.63. The van der Waals surface area contributed by atoms with Gasteiger partial charge in [-0.15, -0.1) is 0 Å². The Balaban J connectivity index is 2.34. The second-order valence-electron chi connectivity index (χ2n) is 4.57. The molecule has 0 spiro atoms. The van der Waals surface area contributed by atoms with Crippen molar-refractivity contribution >= 4 is 17.1 Å². The van der Waals surface area contributed by atoms with Gasteiger partial charge in [0, 0.05) is 23.9 Å². The van der Waals surface area contributed by atoms with E-state index in [9.17, 15) is 18.9 Å². The molecule has 0 radical (unpaired) electrons. The van der Waals surface area contributed by atoms with Crippen LogP contribution in [0.4, 0.5) is 25.8 Å². The number of nitro groups is 1. The molecule has 0 saturated carbocycles. The largest absolute Gasteiger partial charge is 0.399 e. The van der Waals surface area contributed by atoms with Crippen molar-refractivity contribution < 1.29 is 13.7 Å². The molecule has 0 aliphatic rings. The lowest BCUT2D eigenvalue weighted by atomic mass is 10.1. The first kappa shape index (κ1) is 14.7. The Kier molecular flexibility index (Phi) is 4.02. The molecule has 2 aromatic rings. The van der Waals surface area contributed by atoms with E-state index in [4.69, 9.17) is 5.73 Å². The summed E-state index contributed by atoms with van der Waals surface area (Å²) >= 11 is 0. The van der Waals surface area contributed by atoms with E-state index in [2.05, 4.69) is 5.32 Å². The number of hydrogen-bond donors (Lipinski definition) is 2. The standard InChI is InChI=1S/C14H13F2N3O2/c1-8(9-2-4-11(17)5-3-9)18-13-7-10(15)6-12(16)14(13)19(20)21/h2-8,18H,17H2,1H3. The lowest BCUT2D eigenvalue weighted by Crippen LogP contribution is -2.10. The lowest BCUT2D eigenvalue weighted by molar-refractivity contribution is -0.386. The summed E-state index contributed by atoms with van der Waals surface area (Å²) in [7, 11) is 0. The van der Waals surface area contributed by atoms with Gasteiger partial charge in [-0.1, -0.05) is 12.1 Å². The average Bonchev–Trinajstić information content (AvgIpc) is 2.37. The first-order valence-corrected chi connectivity index (χ1v) is 6.14. The number of anilines is 2. The molecule has 0 heterocycles. The Morgan fingerprint density at radius 1 is 1.24 bits per heavy atom. The third-order valence-corrected chi connectivity index (χ3v) is 3.02. The maximum atomic E-state index is 13.5. The molecule has 2 aromatic carbocycles. The molecule has 110 valence electrons. The maximum absolute atomic E-state index is 13.5. The highest BCUT2D eigenvalue weighted by atomic mass is 19.1. The molecule has 0 saturated heterocycles. The third-order valence-electron chi connectivity index (χ3n) is 3.02. The molecular weight excluding hydrogens is 280 g/mol. The van der Waals surface area contributed by atoms with Crippen LogP contribution in [0.1, 0.15) is 18.5 Å². The highest BCUT2D eigenvalue weighted by Gasteiger charge is 2.23. The van der Waals surface area contributed by atoms with E-state index < -0.39 is 22.2 Å². The van der Waals surface area contributed by atoms with Crippen LogP contribution in [0.15, 0.2) is 36.4 Å². The van der Waals surface area contributed by atoms with Crippen molar-refractivity contribution in [2.75, 3.05) is 11.1 Å². The van der Waals surface area contributed by atoms with Crippen molar-refractivity contribution in [2.45, 2.75) is 13.0 Å². The minimum absolute atomic E-state index is 0.207. The zero-order chi connectivity index (χ0) is 15.6. The number of nitrogens with one attached hydrogen (secondary N) is 1. The van der Waals surface area contributed by atoms with E-state index in [0.717, 1.165) is 11.6 Å². The molecule has 0 amide bonds. The number of nitrogens with zero attached hydrogens (tertiary/aromatic N) is 1. The smallest absolute Gasteiger partial charge is 0.327 e. The molecule has 0 bridgehead atoms. The van der Waals surface area contributed by atoms with Gasteiger partial charge in [-0.2, -0.15) is 4.39 Å². The quantitative estimate of drug-likeness (QED) is 0.512. The van der Waals surface area contributed by atoms with Gasteiger partial charge >= 0.3 is 5.69 Å². The van der Waals surface area contributed by atoms with Crippen LogP contribution >= 0.6 is 0 Å². The fourth-order valence-electron chi connectivity index (χ4n) is 1.96. The van der Waals surface area contributed by atoms with Crippen LogP contribution < -0.4 is 11.1 Å². The molecule has 21 heavy (non-hydrogen) atoms. The Morgan fingerprint density at radius 3 is 2.43 bits per heavy atom. The predicted molar refractivity (Wildman–Crippen MR) is 75.9 cm³/mol. The number of nitrogen functional groups attached to an aromatic ring is 1. The van der Waals surface area contributed by atoms with Crippen molar-refractivity contribution in [3.63, 3.8) is 0 Å². The molecule has 0 aliphatic carbocycles. The number of nitro benzene ring substituents is 1. The van der Waals surface area contributed by atoms with Gasteiger partial charge in [-0.3, -0.25) is 10.1 Å². The number of nitrogens with two attached hydrogens (primary N) is 1. The van der Waals surface area contributed by atoms with Gasteiger partial charge < -0.3 is 11.1 Å². The molecule has 3 N–H and O–H groups in total. The average molecular weight is 293 g/mol. The summed E-state index contributed by atoms with van der Waals surface area (Å²) in [6, 6.07) is 7.81. The van der Waals surface area contributed by atoms with Gasteiger partial charge in [0.25, 0.3) is 0 Å². The topological polar surface area (TPSA) is 81.2 Å². The van der Waals surface area contributed by atoms with Crippen molar-refractivity contribution in [2.24, 2.45) is 0 Å². The maximum Gasteiger partial charge on any atom is 0.327 e. The summed E-state index contributed by atoms with van der Waals surface area (Å²) in [4.78, 5) is 10.0. The van der Waals surface area contributed by atoms with Crippen LogP contribution in [0.2, 0.25) is 0 Å². The normalized spacial score (nSPS) is 12.0. The fourth-order valence-corrected chi connectivity index (χ4v) is 1.96. The fraction of sp³-hybridized carbons (Fsp3) is 0.143. The molecular formula is C14H13F2N3O2. The van der Waals surface area contributed by atoms with Gasteiger partial charge in [0.1, 0.15) is 11.5 Å². The Hall–Kier alpha value is -2.70. The van der Waals surface area contributed by atoms with Crippen LogP contribution in [0, 0.1) is 21.7 Å². The summed E-state index contributed by atoms with van der Waals surface area (Å²) in [5.74, 6) is -2.10. The van der Waals surface area contributed by atoms with Crippen LogP contribution in [0.3, 0.4) is 0 Å². The monoisotopic (exact) mass is 293 g/mol. The van der Waals surface area contributed by atoms with Gasteiger partial charge in [0.2, 0.25) is 5.82 Å². The van der Waals surface area contributed by atoms with Gasteiger partial charge in [0.15, 0.2) is 0 Å². The minimum atomic E-state index is -1.22. The Morgan fingerprint density at radius 2 is 1.86 bits per heavy atom. The zero-order valence-electron chi connectivity index (χ0n) is 11.1. The summed E-state index contributed by atoms with van der Waals surface area (Å²) < 4.78 is 26.8. The van der Waals surface area contributed by atoms with E-state index in [0.29, 0.717) is 11.8 Å². The van der Waals surface area contributed by atoms with E-state index in [1.807, 2.05) is 0 Å². The Bertz CT molecular complexity index is 675. The summed E-state index contributed by atoms with van der Waals surface area (Å²) in [6.45, 7) is 1.72. The number of hydrogen-bond acceptors (Lipinski definition) is 4. The molecule has 2 rings (SSSR count). The van der Waals surface area contributed by atoms with E-state index >= 15 is 0 Å². The first-order chi connectivity index (χ1) is 9.88. The molecule has 7 heteroatoms. The summed E-state index contributed by atoms with van der Waals surface area (Å²) in [6.07, 6.45) is 0. The second kappa shape index (κ2) is 5.74. The molecule has 1 atom stereocenters. The van der Waals surface area contributed by atoms with Crippen molar-refractivity contribution in [1.82, 2.24) is 0 Å². The van der Waals surface area contributed by atoms with Crippen LogP contribution in [0.25, 0.3) is 0 Å². The molecule has 5 nitrogen and oxygen atoms in total. The molecule has 0 aromatic heterocycles. The molecule has 0 fully saturated rings. The summed E-state index contributed by atoms with van der Waals surface area (Å²) in [5, 5.41) is 13.6. The van der Waals surface area contributed by atoms with Gasteiger partial charge in [0.05, 0.1) is 4.92 Å². The minimum Gasteiger partial charge on any atom is -0.399 e. The van der Waals surface area contributed by atoms with Crippen molar-refractivity contribution in [3.8, 4) is 0 Å². The molecule has 0 aliphatic heterocycles. The third kappa shape index (κ3) is 3.25. The number of rotatable bonds is 4. The lowest BCUT2D eigenvalue weighted by Gasteiger charge is -2.16. The van der Waals surface area contributed by atoms with Crippen LogP contribution in [0.5, 0.6) is 0 Å². The van der Waals surface area contributed by atoms with Crippen molar-refractivity contribution in [3.05, 3.63) is 63.7 Å².